The van der Waals surface area contributed by atoms with Gasteiger partial charge in [-0.05, 0) is 35.9 Å². The minimum absolute atomic E-state index is 0.139. The molecule has 1 atom stereocenters. The van der Waals surface area contributed by atoms with E-state index in [1.807, 2.05) is 35.0 Å². The van der Waals surface area contributed by atoms with Crippen LogP contribution in [-0.4, -0.2) is 31.7 Å². The van der Waals surface area contributed by atoms with Crippen molar-refractivity contribution in [3.8, 4) is 0 Å². The molecule has 31 heavy (non-hydrogen) atoms. The fraction of sp³-hybridized carbons (Fsp3) is 0.211. The number of imidazole rings is 1. The number of halogens is 4. The van der Waals surface area contributed by atoms with Crippen LogP contribution < -0.4 is 0 Å². The fourth-order valence-corrected chi connectivity index (χ4v) is 4.39. The molecule has 12 heteroatoms. The maximum atomic E-state index is 8.36. The molecule has 0 aliphatic carbocycles. The predicted octanol–water partition coefficient (Wildman–Crippen LogP) is 6.53. The molecule has 1 aromatic heterocycles. The van der Waals surface area contributed by atoms with Crippen molar-refractivity contribution < 1.29 is 15.0 Å². The lowest BCUT2D eigenvalue weighted by Gasteiger charge is -2.18. The van der Waals surface area contributed by atoms with Crippen molar-refractivity contribution in [1.29, 1.82) is 0 Å². The first-order chi connectivity index (χ1) is 14.7. The van der Waals surface area contributed by atoms with E-state index in [9.17, 15) is 0 Å². The molecular formula is C19H17Cl4N3O4S. The Labute approximate surface area is 203 Å². The van der Waals surface area contributed by atoms with Crippen molar-refractivity contribution in [3.05, 3.63) is 90.9 Å². The first-order valence-corrected chi connectivity index (χ1v) is 11.1. The minimum atomic E-state index is -1.50. The van der Waals surface area contributed by atoms with E-state index >= 15 is 0 Å². The van der Waals surface area contributed by atoms with Crippen LogP contribution in [-0.2, 0) is 17.9 Å². The number of ether oxygens (including phenoxy) is 1. The molecule has 0 aliphatic rings. The molecule has 0 saturated carbocycles. The van der Waals surface area contributed by atoms with Crippen molar-refractivity contribution >= 4 is 58.2 Å². The van der Waals surface area contributed by atoms with Gasteiger partial charge in [-0.2, -0.15) is 0 Å². The third-order valence-corrected chi connectivity index (χ3v) is 6.34. The van der Waals surface area contributed by atoms with Gasteiger partial charge >= 0.3 is 0 Å². The van der Waals surface area contributed by atoms with Crippen LogP contribution in [0.5, 0.6) is 0 Å². The van der Waals surface area contributed by atoms with Crippen LogP contribution in [0.1, 0.15) is 5.56 Å². The second-order valence-corrected chi connectivity index (χ2v) is 9.08. The van der Waals surface area contributed by atoms with Gasteiger partial charge in [-0.15, -0.1) is 21.9 Å². The van der Waals surface area contributed by atoms with Gasteiger partial charge in [0.25, 0.3) is 5.09 Å². The Morgan fingerprint density at radius 2 is 1.87 bits per heavy atom. The third-order valence-electron chi connectivity index (χ3n) is 3.72. The van der Waals surface area contributed by atoms with Gasteiger partial charge < -0.3 is 14.5 Å². The summed E-state index contributed by atoms with van der Waals surface area (Å²) in [6, 6.07) is 11.0. The maximum absolute atomic E-state index is 8.36. The molecular weight excluding hydrogens is 508 g/mol. The van der Waals surface area contributed by atoms with Crippen LogP contribution in [0, 0.1) is 10.1 Å². The molecule has 1 N–H and O–H groups in total. The average Bonchev–Trinajstić information content (AvgIpc) is 3.19. The zero-order valence-electron chi connectivity index (χ0n) is 15.8. The Hall–Kier alpha value is -1.68. The Morgan fingerprint density at radius 3 is 2.48 bits per heavy atom. The standard InChI is InChI=1S/C19H16Cl4N2OS.HNO3/c20-14-2-4-19(18(23)8-14)27-15(9-25-6-5-24-12-25)11-26-10-13-1-3-16(21)17(22)7-13;2-1(3)4/h1-8,12,15H,9-11H2;(H,2,3,4). The molecule has 0 aliphatic heterocycles. The van der Waals surface area contributed by atoms with E-state index < -0.39 is 5.09 Å². The first kappa shape index (κ1) is 25.6. The lowest BCUT2D eigenvalue weighted by molar-refractivity contribution is -0.742. The number of hydrogen-bond acceptors (Lipinski definition) is 5. The summed E-state index contributed by atoms with van der Waals surface area (Å²) in [5, 5.41) is 16.1. The molecule has 3 rings (SSSR count). The monoisotopic (exact) mass is 523 g/mol. The van der Waals surface area contributed by atoms with Crippen LogP contribution in [0.15, 0.2) is 60.0 Å². The van der Waals surface area contributed by atoms with Gasteiger partial charge in [0.15, 0.2) is 0 Å². The van der Waals surface area contributed by atoms with Crippen LogP contribution in [0.4, 0.5) is 0 Å². The molecule has 1 unspecified atom stereocenters. The predicted molar refractivity (Wildman–Crippen MR) is 123 cm³/mol. The van der Waals surface area contributed by atoms with E-state index in [4.69, 9.17) is 66.5 Å². The summed E-state index contributed by atoms with van der Waals surface area (Å²) in [6.45, 7) is 1.72. The molecule has 0 amide bonds. The quantitative estimate of drug-likeness (QED) is 0.205. The molecule has 0 spiro atoms. The zero-order chi connectivity index (χ0) is 22.8. The highest BCUT2D eigenvalue weighted by atomic mass is 35.5. The van der Waals surface area contributed by atoms with E-state index in [0.29, 0.717) is 33.3 Å². The van der Waals surface area contributed by atoms with Crippen molar-refractivity contribution in [2.24, 2.45) is 0 Å². The molecule has 7 nitrogen and oxygen atoms in total. The van der Waals surface area contributed by atoms with Gasteiger partial charge in [0.2, 0.25) is 0 Å². The van der Waals surface area contributed by atoms with E-state index in [2.05, 4.69) is 4.98 Å². The van der Waals surface area contributed by atoms with Crippen molar-refractivity contribution in [1.82, 2.24) is 9.55 Å². The minimum Gasteiger partial charge on any atom is -0.376 e. The highest BCUT2D eigenvalue weighted by molar-refractivity contribution is 8.00. The van der Waals surface area contributed by atoms with Gasteiger partial charge in [0.05, 0.1) is 39.9 Å². The number of rotatable bonds is 8. The van der Waals surface area contributed by atoms with E-state index in [-0.39, 0.29) is 5.25 Å². The maximum Gasteiger partial charge on any atom is 0.291 e. The van der Waals surface area contributed by atoms with Crippen LogP contribution >= 0.6 is 58.2 Å². The summed E-state index contributed by atoms with van der Waals surface area (Å²) in [5.41, 5.74) is 0.973. The number of aromatic nitrogens is 2. The molecule has 0 radical (unpaired) electrons. The number of hydrogen-bond donors (Lipinski definition) is 1. The SMILES string of the molecule is Clc1ccc(SC(COCc2ccc(Cl)c(Cl)c2)Cn2ccnc2)c(Cl)c1.O=[N+]([O-])O. The van der Waals surface area contributed by atoms with E-state index in [1.54, 1.807) is 36.4 Å². The zero-order valence-corrected chi connectivity index (χ0v) is 19.7. The molecule has 166 valence electrons. The van der Waals surface area contributed by atoms with Crippen molar-refractivity contribution in [2.75, 3.05) is 6.61 Å². The van der Waals surface area contributed by atoms with Crippen LogP contribution in [0.25, 0.3) is 0 Å². The lowest BCUT2D eigenvalue weighted by atomic mass is 10.2. The molecule has 0 bridgehead atoms. The number of thioether (sulfide) groups is 1. The Balaban J connectivity index is 0.000000785. The fourth-order valence-electron chi connectivity index (χ4n) is 2.44. The van der Waals surface area contributed by atoms with Gasteiger partial charge in [-0.3, -0.25) is 0 Å². The average molecular weight is 525 g/mol. The van der Waals surface area contributed by atoms with Gasteiger partial charge in [-0.1, -0.05) is 52.5 Å². The highest BCUT2D eigenvalue weighted by Crippen LogP contribution is 2.33. The van der Waals surface area contributed by atoms with Crippen LogP contribution in [0.2, 0.25) is 20.1 Å². The Kier molecular flexibility index (Phi) is 10.7. The van der Waals surface area contributed by atoms with E-state index in [1.165, 1.54) is 0 Å². The lowest BCUT2D eigenvalue weighted by Crippen LogP contribution is -2.18. The number of benzene rings is 2. The number of nitrogens with zero attached hydrogens (tertiary/aromatic N) is 3. The largest absolute Gasteiger partial charge is 0.376 e. The third kappa shape index (κ3) is 9.55. The topological polar surface area (TPSA) is 90.4 Å². The van der Waals surface area contributed by atoms with Crippen LogP contribution in [0.3, 0.4) is 0 Å². The second kappa shape index (κ2) is 13.0. The summed E-state index contributed by atoms with van der Waals surface area (Å²) in [6.07, 6.45) is 5.47. The highest BCUT2D eigenvalue weighted by Gasteiger charge is 2.15. The summed E-state index contributed by atoms with van der Waals surface area (Å²) < 4.78 is 7.95. The van der Waals surface area contributed by atoms with Crippen molar-refractivity contribution in [2.45, 2.75) is 23.3 Å². The summed E-state index contributed by atoms with van der Waals surface area (Å²) in [4.78, 5) is 13.4. The summed E-state index contributed by atoms with van der Waals surface area (Å²) in [5.74, 6) is 0. The van der Waals surface area contributed by atoms with Gasteiger partial charge in [0, 0.05) is 28.9 Å². The molecule has 3 aromatic rings. The Morgan fingerprint density at radius 1 is 1.13 bits per heavy atom. The van der Waals surface area contributed by atoms with Crippen molar-refractivity contribution in [3.63, 3.8) is 0 Å². The Bertz CT molecular complexity index is 988. The molecule has 1 heterocycles. The molecule has 0 saturated heterocycles. The van der Waals surface area contributed by atoms with Gasteiger partial charge in [0.1, 0.15) is 0 Å². The van der Waals surface area contributed by atoms with E-state index in [0.717, 1.165) is 17.0 Å². The molecule has 0 fully saturated rings. The second-order valence-electron chi connectivity index (χ2n) is 6.08. The molecule has 2 aromatic carbocycles. The summed E-state index contributed by atoms with van der Waals surface area (Å²) >= 11 is 26.0. The first-order valence-electron chi connectivity index (χ1n) is 8.67. The van der Waals surface area contributed by atoms with Gasteiger partial charge in [-0.25, -0.2) is 4.98 Å². The smallest absolute Gasteiger partial charge is 0.291 e. The normalized spacial score (nSPS) is 11.5. The summed E-state index contributed by atoms with van der Waals surface area (Å²) in [7, 11) is 0.